The standard InChI is InChI=1S/C22H22N8O3/c31-22(17-6-7-18(25-24-17)29-11-14-32-15-12-29)23-10-13-33-20-9-8-19-26-27-21(30(19)28-20)16-4-2-1-3-5-16/h1-9H,10-15H2,(H,23,31). The lowest BCUT2D eigenvalue weighted by molar-refractivity contribution is 0.0940. The van der Waals surface area contributed by atoms with Crippen molar-refractivity contribution >= 4 is 17.4 Å². The van der Waals surface area contributed by atoms with Crippen LogP contribution in [0, 0.1) is 0 Å². The second-order valence-electron chi connectivity index (χ2n) is 7.31. The lowest BCUT2D eigenvalue weighted by Crippen LogP contribution is -2.37. The molecule has 0 unspecified atom stereocenters. The van der Waals surface area contributed by atoms with E-state index in [-0.39, 0.29) is 18.2 Å². The Morgan fingerprint density at radius 1 is 0.970 bits per heavy atom. The summed E-state index contributed by atoms with van der Waals surface area (Å²) >= 11 is 0. The SMILES string of the molecule is O=C(NCCOc1ccc2nnc(-c3ccccc3)n2n1)c1ccc(N2CCOCC2)nn1. The van der Waals surface area contributed by atoms with Crippen molar-refractivity contribution in [2.24, 2.45) is 0 Å². The Balaban J connectivity index is 1.15. The number of nitrogens with one attached hydrogen (secondary N) is 1. The average molecular weight is 446 g/mol. The Bertz CT molecular complexity index is 1220. The molecule has 1 aromatic carbocycles. The first kappa shape index (κ1) is 20.8. The van der Waals surface area contributed by atoms with Crippen LogP contribution in [0.4, 0.5) is 5.82 Å². The zero-order chi connectivity index (χ0) is 22.5. The van der Waals surface area contributed by atoms with Crippen molar-refractivity contribution in [1.82, 2.24) is 35.3 Å². The quantitative estimate of drug-likeness (QED) is 0.418. The molecule has 4 aromatic rings. The molecule has 1 aliphatic heterocycles. The van der Waals surface area contributed by atoms with Crippen LogP contribution >= 0.6 is 0 Å². The zero-order valence-corrected chi connectivity index (χ0v) is 17.8. The molecule has 33 heavy (non-hydrogen) atoms. The number of benzene rings is 1. The first-order valence-corrected chi connectivity index (χ1v) is 10.6. The lowest BCUT2D eigenvalue weighted by Gasteiger charge is -2.27. The molecule has 0 bridgehead atoms. The van der Waals surface area contributed by atoms with Gasteiger partial charge in [0, 0.05) is 24.7 Å². The summed E-state index contributed by atoms with van der Waals surface area (Å²) in [5.74, 6) is 1.46. The normalized spacial score (nSPS) is 13.8. The summed E-state index contributed by atoms with van der Waals surface area (Å²) in [7, 11) is 0. The van der Waals surface area contributed by atoms with E-state index in [1.165, 1.54) is 0 Å². The third-order valence-electron chi connectivity index (χ3n) is 5.13. The smallest absolute Gasteiger partial charge is 0.271 e. The van der Waals surface area contributed by atoms with Gasteiger partial charge in [-0.15, -0.1) is 25.5 Å². The van der Waals surface area contributed by atoms with E-state index >= 15 is 0 Å². The van der Waals surface area contributed by atoms with Crippen LogP contribution in [0.15, 0.2) is 54.6 Å². The van der Waals surface area contributed by atoms with Gasteiger partial charge in [-0.2, -0.15) is 4.52 Å². The maximum atomic E-state index is 12.3. The van der Waals surface area contributed by atoms with E-state index in [4.69, 9.17) is 9.47 Å². The molecule has 1 N–H and O–H groups in total. The minimum atomic E-state index is -0.312. The second kappa shape index (κ2) is 9.57. The second-order valence-corrected chi connectivity index (χ2v) is 7.31. The number of carbonyl (C=O) groups excluding carboxylic acids is 1. The highest BCUT2D eigenvalue weighted by molar-refractivity contribution is 5.92. The Labute approximate surface area is 189 Å². The summed E-state index contributed by atoms with van der Waals surface area (Å²) in [6.07, 6.45) is 0. The van der Waals surface area contributed by atoms with Crippen molar-refractivity contribution in [2.45, 2.75) is 0 Å². The molecule has 11 nitrogen and oxygen atoms in total. The minimum absolute atomic E-state index is 0.242. The fraction of sp³-hybridized carbons (Fsp3) is 0.273. The number of hydrogen-bond acceptors (Lipinski definition) is 9. The summed E-state index contributed by atoms with van der Waals surface area (Å²) in [6, 6.07) is 16.7. The number of ether oxygens (including phenoxy) is 2. The van der Waals surface area contributed by atoms with Crippen molar-refractivity contribution in [2.75, 3.05) is 44.4 Å². The summed E-state index contributed by atoms with van der Waals surface area (Å²) in [5.41, 5.74) is 1.78. The van der Waals surface area contributed by atoms with Gasteiger partial charge in [-0.05, 0) is 18.2 Å². The van der Waals surface area contributed by atoms with Crippen molar-refractivity contribution in [3.8, 4) is 17.3 Å². The van der Waals surface area contributed by atoms with Crippen LogP contribution in [0.1, 0.15) is 10.5 Å². The third kappa shape index (κ3) is 4.72. The Morgan fingerprint density at radius 2 is 1.82 bits per heavy atom. The van der Waals surface area contributed by atoms with Crippen LogP contribution < -0.4 is 15.0 Å². The van der Waals surface area contributed by atoms with E-state index in [9.17, 15) is 4.79 Å². The Morgan fingerprint density at radius 3 is 2.61 bits per heavy atom. The summed E-state index contributed by atoms with van der Waals surface area (Å²) in [4.78, 5) is 14.4. The molecule has 0 saturated carbocycles. The highest BCUT2D eigenvalue weighted by Gasteiger charge is 2.15. The number of hydrogen-bond donors (Lipinski definition) is 1. The molecule has 3 aromatic heterocycles. The Hall–Kier alpha value is -4.12. The van der Waals surface area contributed by atoms with Gasteiger partial charge in [-0.1, -0.05) is 30.3 Å². The van der Waals surface area contributed by atoms with Crippen molar-refractivity contribution in [3.63, 3.8) is 0 Å². The van der Waals surface area contributed by atoms with Crippen LogP contribution in [0.5, 0.6) is 5.88 Å². The summed E-state index contributed by atoms with van der Waals surface area (Å²) < 4.78 is 12.7. The number of amides is 1. The molecule has 1 aliphatic rings. The molecule has 5 rings (SSSR count). The molecule has 0 aliphatic carbocycles. The number of fused-ring (bicyclic) bond motifs is 1. The number of anilines is 1. The van der Waals surface area contributed by atoms with Gasteiger partial charge < -0.3 is 19.7 Å². The van der Waals surface area contributed by atoms with Crippen LogP contribution in [-0.4, -0.2) is 75.4 Å². The van der Waals surface area contributed by atoms with Crippen LogP contribution in [0.25, 0.3) is 17.0 Å². The van der Waals surface area contributed by atoms with Gasteiger partial charge in [-0.3, -0.25) is 4.79 Å². The largest absolute Gasteiger partial charge is 0.475 e. The predicted octanol–water partition coefficient (Wildman–Crippen LogP) is 1.23. The molecule has 0 spiro atoms. The van der Waals surface area contributed by atoms with E-state index in [0.717, 1.165) is 24.5 Å². The highest BCUT2D eigenvalue weighted by atomic mass is 16.5. The molecule has 1 amide bonds. The van der Waals surface area contributed by atoms with Gasteiger partial charge in [0.2, 0.25) is 5.88 Å². The van der Waals surface area contributed by atoms with Crippen LogP contribution in [0.2, 0.25) is 0 Å². The monoisotopic (exact) mass is 446 g/mol. The van der Waals surface area contributed by atoms with Gasteiger partial charge in [0.15, 0.2) is 23.0 Å². The van der Waals surface area contributed by atoms with E-state index in [2.05, 4.69) is 35.7 Å². The van der Waals surface area contributed by atoms with Crippen LogP contribution in [-0.2, 0) is 4.74 Å². The van der Waals surface area contributed by atoms with E-state index in [1.54, 1.807) is 28.8 Å². The molecule has 4 heterocycles. The summed E-state index contributed by atoms with van der Waals surface area (Å²) in [6.45, 7) is 3.39. The van der Waals surface area contributed by atoms with E-state index in [0.29, 0.717) is 37.1 Å². The van der Waals surface area contributed by atoms with Crippen molar-refractivity contribution < 1.29 is 14.3 Å². The summed E-state index contributed by atoms with van der Waals surface area (Å²) in [5, 5.41) is 23.8. The molecule has 1 saturated heterocycles. The molecular formula is C22H22N8O3. The van der Waals surface area contributed by atoms with Gasteiger partial charge >= 0.3 is 0 Å². The average Bonchev–Trinajstić information content (AvgIpc) is 3.31. The fourth-order valence-corrected chi connectivity index (χ4v) is 3.43. The number of nitrogens with zero attached hydrogens (tertiary/aromatic N) is 7. The highest BCUT2D eigenvalue weighted by Crippen LogP contribution is 2.18. The zero-order valence-electron chi connectivity index (χ0n) is 17.8. The van der Waals surface area contributed by atoms with Crippen LogP contribution in [0.3, 0.4) is 0 Å². The number of morpholine rings is 1. The topological polar surface area (TPSA) is 120 Å². The van der Waals surface area contributed by atoms with Crippen molar-refractivity contribution in [3.05, 3.63) is 60.3 Å². The molecule has 0 radical (unpaired) electrons. The first-order chi connectivity index (χ1) is 16.3. The molecule has 11 heteroatoms. The van der Waals surface area contributed by atoms with Gasteiger partial charge in [0.25, 0.3) is 5.91 Å². The maximum Gasteiger partial charge on any atom is 0.271 e. The molecule has 1 fully saturated rings. The number of rotatable bonds is 7. The van der Waals surface area contributed by atoms with Crippen molar-refractivity contribution in [1.29, 1.82) is 0 Å². The maximum absolute atomic E-state index is 12.3. The van der Waals surface area contributed by atoms with Gasteiger partial charge in [0.05, 0.1) is 19.8 Å². The third-order valence-corrected chi connectivity index (χ3v) is 5.13. The molecule has 168 valence electrons. The van der Waals surface area contributed by atoms with Gasteiger partial charge in [-0.25, -0.2) is 0 Å². The molecular weight excluding hydrogens is 424 g/mol. The fourth-order valence-electron chi connectivity index (χ4n) is 3.43. The van der Waals surface area contributed by atoms with E-state index in [1.807, 2.05) is 30.3 Å². The lowest BCUT2D eigenvalue weighted by atomic mass is 10.2. The number of carbonyl (C=O) groups is 1. The van der Waals surface area contributed by atoms with Gasteiger partial charge in [0.1, 0.15) is 6.61 Å². The predicted molar refractivity (Wildman–Crippen MR) is 119 cm³/mol. The molecule has 0 atom stereocenters. The first-order valence-electron chi connectivity index (χ1n) is 10.6. The van der Waals surface area contributed by atoms with E-state index < -0.39 is 0 Å². The minimum Gasteiger partial charge on any atom is -0.475 e. The number of aromatic nitrogens is 6. The Kier molecular flexibility index (Phi) is 6.02.